The standard InChI is InChI=1S/C7H7F3NO3.Na/c1-2-14-6(13)4(3-11)5(12)7(8,9)10;/h4-5H,2H2,1H3;/q-1;+1. The molecular formula is C7H7F3NNaO3. The van der Waals surface area contributed by atoms with Crippen LogP contribution in [0.25, 0.3) is 0 Å². The summed E-state index contributed by atoms with van der Waals surface area (Å²) >= 11 is 0. The van der Waals surface area contributed by atoms with E-state index in [9.17, 15) is 23.1 Å². The van der Waals surface area contributed by atoms with E-state index in [-0.39, 0.29) is 36.2 Å². The number of hydrogen-bond donors (Lipinski definition) is 0. The van der Waals surface area contributed by atoms with Gasteiger partial charge in [-0.1, -0.05) is 0 Å². The van der Waals surface area contributed by atoms with Gasteiger partial charge in [0, 0.05) is 0 Å². The number of carbonyl (C=O) groups is 1. The van der Waals surface area contributed by atoms with Gasteiger partial charge in [-0.25, -0.2) is 0 Å². The molecule has 0 aromatic heterocycles. The van der Waals surface area contributed by atoms with E-state index in [1.165, 1.54) is 6.92 Å². The van der Waals surface area contributed by atoms with Crippen molar-refractivity contribution in [1.82, 2.24) is 0 Å². The smallest absolute Gasteiger partial charge is 0.844 e. The summed E-state index contributed by atoms with van der Waals surface area (Å²) in [4.78, 5) is 10.7. The number of rotatable bonds is 3. The molecule has 0 saturated heterocycles. The van der Waals surface area contributed by atoms with Crippen LogP contribution in [0.5, 0.6) is 0 Å². The van der Waals surface area contributed by atoms with Crippen molar-refractivity contribution in [2.24, 2.45) is 5.92 Å². The summed E-state index contributed by atoms with van der Waals surface area (Å²) in [6.07, 6.45) is -8.38. The van der Waals surface area contributed by atoms with Crippen LogP contribution < -0.4 is 34.7 Å². The van der Waals surface area contributed by atoms with Crippen LogP contribution in [0.15, 0.2) is 0 Å². The molecule has 0 amide bonds. The summed E-state index contributed by atoms with van der Waals surface area (Å²) in [5.74, 6) is -3.78. The fraction of sp³-hybridized carbons (Fsp3) is 0.714. The van der Waals surface area contributed by atoms with Crippen LogP contribution in [0.3, 0.4) is 0 Å². The van der Waals surface area contributed by atoms with Crippen LogP contribution in [-0.2, 0) is 9.53 Å². The van der Waals surface area contributed by atoms with Gasteiger partial charge in [0.05, 0.1) is 12.7 Å². The van der Waals surface area contributed by atoms with E-state index >= 15 is 0 Å². The van der Waals surface area contributed by atoms with Crippen molar-refractivity contribution in [3.05, 3.63) is 0 Å². The maximum atomic E-state index is 11.8. The Labute approximate surface area is 106 Å². The van der Waals surface area contributed by atoms with E-state index in [0.717, 1.165) is 6.07 Å². The molecule has 0 aromatic carbocycles. The summed E-state index contributed by atoms with van der Waals surface area (Å²) in [7, 11) is 0. The van der Waals surface area contributed by atoms with E-state index in [1.807, 2.05) is 0 Å². The number of carbonyl (C=O) groups excluding carboxylic acids is 1. The van der Waals surface area contributed by atoms with Crippen molar-refractivity contribution >= 4 is 5.97 Å². The zero-order valence-electron chi connectivity index (χ0n) is 8.17. The second-order valence-electron chi connectivity index (χ2n) is 2.32. The molecule has 0 aliphatic rings. The Kier molecular flexibility index (Phi) is 8.06. The molecule has 0 radical (unpaired) electrons. The van der Waals surface area contributed by atoms with E-state index < -0.39 is 24.2 Å². The molecule has 0 N–H and O–H groups in total. The molecule has 4 nitrogen and oxygen atoms in total. The van der Waals surface area contributed by atoms with Crippen LogP contribution in [-0.4, -0.2) is 24.9 Å². The zero-order valence-corrected chi connectivity index (χ0v) is 10.2. The fourth-order valence-electron chi connectivity index (χ4n) is 0.665. The predicted molar refractivity (Wildman–Crippen MR) is 35.6 cm³/mol. The van der Waals surface area contributed by atoms with Crippen molar-refractivity contribution in [3.63, 3.8) is 0 Å². The van der Waals surface area contributed by atoms with Crippen molar-refractivity contribution in [3.8, 4) is 6.07 Å². The molecular weight excluding hydrogens is 226 g/mol. The van der Waals surface area contributed by atoms with Gasteiger partial charge in [0.1, 0.15) is 5.92 Å². The van der Waals surface area contributed by atoms with Gasteiger partial charge < -0.3 is 9.84 Å². The van der Waals surface area contributed by atoms with Crippen LogP contribution >= 0.6 is 0 Å². The van der Waals surface area contributed by atoms with Crippen LogP contribution in [0.4, 0.5) is 13.2 Å². The van der Waals surface area contributed by atoms with Crippen molar-refractivity contribution < 1.29 is 57.4 Å². The van der Waals surface area contributed by atoms with Gasteiger partial charge in [0.25, 0.3) is 0 Å². The molecule has 0 aliphatic heterocycles. The van der Waals surface area contributed by atoms with Gasteiger partial charge in [-0.3, -0.25) is 4.79 Å². The summed E-state index contributed by atoms with van der Waals surface area (Å²) < 4.78 is 39.6. The fourth-order valence-corrected chi connectivity index (χ4v) is 0.665. The molecule has 0 bridgehead atoms. The normalized spacial score (nSPS) is 14.4. The Balaban J connectivity index is 0. The first-order chi connectivity index (χ1) is 6.34. The largest absolute Gasteiger partial charge is 1.00 e. The average molecular weight is 233 g/mol. The van der Waals surface area contributed by atoms with Gasteiger partial charge >= 0.3 is 41.7 Å². The Morgan fingerprint density at radius 1 is 1.60 bits per heavy atom. The Morgan fingerprint density at radius 3 is 2.33 bits per heavy atom. The topological polar surface area (TPSA) is 73.2 Å². The number of alkyl halides is 3. The number of nitrogens with zero attached hydrogens (tertiary/aromatic N) is 1. The molecule has 0 spiro atoms. The maximum absolute atomic E-state index is 11.8. The third-order valence-electron chi connectivity index (χ3n) is 1.30. The molecule has 2 atom stereocenters. The van der Waals surface area contributed by atoms with Crippen LogP contribution in [0.1, 0.15) is 6.92 Å². The molecule has 0 rings (SSSR count). The molecule has 0 heterocycles. The first-order valence-electron chi connectivity index (χ1n) is 3.63. The monoisotopic (exact) mass is 233 g/mol. The molecule has 0 saturated carbocycles. The second kappa shape index (κ2) is 7.06. The number of esters is 1. The maximum Gasteiger partial charge on any atom is 1.00 e. The van der Waals surface area contributed by atoms with Crippen LogP contribution in [0.2, 0.25) is 0 Å². The number of ether oxygens (including phenoxy) is 1. The summed E-state index contributed by atoms with van der Waals surface area (Å²) in [5, 5.41) is 18.8. The van der Waals surface area contributed by atoms with Crippen molar-refractivity contribution in [2.75, 3.05) is 6.61 Å². The quantitative estimate of drug-likeness (QED) is 0.384. The Bertz CT molecular complexity index is 251. The molecule has 0 aliphatic carbocycles. The zero-order chi connectivity index (χ0) is 11.4. The SMILES string of the molecule is CCOC(=O)C(C#N)C([O-])C(F)(F)F.[Na+]. The minimum Gasteiger partial charge on any atom is -0.844 e. The molecule has 2 unspecified atom stereocenters. The van der Waals surface area contributed by atoms with Gasteiger partial charge in [-0.2, -0.15) is 18.4 Å². The van der Waals surface area contributed by atoms with Crippen molar-refractivity contribution in [2.45, 2.75) is 19.2 Å². The minimum absolute atomic E-state index is 0. The molecule has 8 heteroatoms. The predicted octanol–water partition coefficient (Wildman–Crippen LogP) is -3.02. The first kappa shape index (κ1) is 17.1. The Hall–Kier alpha value is -0.290. The first-order valence-corrected chi connectivity index (χ1v) is 3.63. The molecule has 80 valence electrons. The minimum atomic E-state index is -5.12. The van der Waals surface area contributed by atoms with Gasteiger partial charge in [0.2, 0.25) is 0 Å². The van der Waals surface area contributed by atoms with E-state index in [4.69, 9.17) is 5.26 Å². The van der Waals surface area contributed by atoms with Crippen molar-refractivity contribution in [1.29, 1.82) is 5.26 Å². The van der Waals surface area contributed by atoms with E-state index in [0.29, 0.717) is 0 Å². The Morgan fingerprint density at radius 2 is 2.07 bits per heavy atom. The van der Waals surface area contributed by atoms with Gasteiger partial charge in [-0.15, -0.1) is 0 Å². The average Bonchev–Trinajstić information content (AvgIpc) is 2.04. The number of halogens is 3. The van der Waals surface area contributed by atoms with E-state index in [2.05, 4.69) is 4.74 Å². The van der Waals surface area contributed by atoms with Crippen LogP contribution in [0, 0.1) is 17.2 Å². The third kappa shape index (κ3) is 5.37. The van der Waals surface area contributed by atoms with E-state index in [1.54, 1.807) is 0 Å². The molecule has 0 fully saturated rings. The third-order valence-corrected chi connectivity index (χ3v) is 1.30. The summed E-state index contributed by atoms with van der Waals surface area (Å²) in [6.45, 7) is 1.18. The second-order valence-corrected chi connectivity index (χ2v) is 2.32. The molecule has 15 heavy (non-hydrogen) atoms. The number of hydrogen-bond acceptors (Lipinski definition) is 4. The molecule has 0 aromatic rings. The summed E-state index contributed by atoms with van der Waals surface area (Å²) in [5.41, 5.74) is 0. The van der Waals surface area contributed by atoms with Gasteiger partial charge in [0.15, 0.2) is 0 Å². The number of nitriles is 1. The summed E-state index contributed by atoms with van der Waals surface area (Å²) in [6, 6.07) is 0.986. The van der Waals surface area contributed by atoms with Gasteiger partial charge in [-0.05, 0) is 13.0 Å².